The first kappa shape index (κ1) is 18.0. The second-order valence-electron chi connectivity index (χ2n) is 7.15. The van der Waals surface area contributed by atoms with Crippen LogP contribution in [-0.2, 0) is 19.4 Å². The van der Waals surface area contributed by atoms with Gasteiger partial charge in [-0.3, -0.25) is 20.0 Å². The van der Waals surface area contributed by atoms with Crippen LogP contribution in [0, 0.1) is 5.41 Å². The van der Waals surface area contributed by atoms with Gasteiger partial charge in [0.05, 0.1) is 10.6 Å². The number of H-pyrrole nitrogens is 1. The molecule has 0 saturated heterocycles. The van der Waals surface area contributed by atoms with Crippen molar-refractivity contribution in [2.75, 3.05) is 11.9 Å². The van der Waals surface area contributed by atoms with Crippen molar-refractivity contribution in [3.63, 3.8) is 0 Å². The van der Waals surface area contributed by atoms with Gasteiger partial charge in [0.25, 0.3) is 5.91 Å². The molecule has 1 amide bonds. The van der Waals surface area contributed by atoms with Crippen molar-refractivity contribution < 1.29 is 9.59 Å². The average molecular weight is 382 g/mol. The fourth-order valence-corrected chi connectivity index (χ4v) is 4.26. The summed E-state index contributed by atoms with van der Waals surface area (Å²) in [7, 11) is 0. The molecule has 0 saturated carbocycles. The van der Waals surface area contributed by atoms with Gasteiger partial charge in [-0.15, -0.1) is 12.4 Å². The lowest BCUT2D eigenvalue weighted by Gasteiger charge is -2.26. The molecule has 2 aliphatic rings. The largest absolute Gasteiger partial charge is 0.312 e. The zero-order valence-electron chi connectivity index (χ0n) is 14.1. The van der Waals surface area contributed by atoms with Crippen molar-refractivity contribution >= 4 is 40.6 Å². The SMILES string of the molecule is CC1(C)CC(=O)c2sc(NC(=O)c3n[nH]c4c3CNCC4)nc2C1.Cl. The lowest BCUT2D eigenvalue weighted by Crippen LogP contribution is -2.26. The third kappa shape index (κ3) is 3.33. The lowest BCUT2D eigenvalue weighted by molar-refractivity contribution is 0.0915. The van der Waals surface area contributed by atoms with Crippen LogP contribution >= 0.6 is 23.7 Å². The first-order valence-corrected chi connectivity index (χ1v) is 8.86. The van der Waals surface area contributed by atoms with Gasteiger partial charge < -0.3 is 5.32 Å². The van der Waals surface area contributed by atoms with E-state index < -0.39 is 0 Å². The highest BCUT2D eigenvalue weighted by molar-refractivity contribution is 7.17. The number of halogens is 1. The van der Waals surface area contributed by atoms with Crippen molar-refractivity contribution in [2.45, 2.75) is 39.7 Å². The fraction of sp³-hybridized carbons (Fsp3) is 0.500. The van der Waals surface area contributed by atoms with Gasteiger partial charge in [0.15, 0.2) is 16.6 Å². The molecule has 0 atom stereocenters. The molecule has 3 N–H and O–H groups in total. The number of aromatic amines is 1. The van der Waals surface area contributed by atoms with E-state index in [1.54, 1.807) is 0 Å². The molecule has 0 spiro atoms. The van der Waals surface area contributed by atoms with Crippen molar-refractivity contribution in [2.24, 2.45) is 5.41 Å². The Morgan fingerprint density at radius 3 is 2.92 bits per heavy atom. The summed E-state index contributed by atoms with van der Waals surface area (Å²) in [4.78, 5) is 29.9. The second kappa shape index (κ2) is 6.51. The summed E-state index contributed by atoms with van der Waals surface area (Å²) in [5.74, 6) is -0.172. The second-order valence-corrected chi connectivity index (χ2v) is 8.15. The molecule has 134 valence electrons. The number of carbonyl (C=O) groups excluding carboxylic acids is 2. The number of rotatable bonds is 2. The van der Waals surface area contributed by atoms with Crippen molar-refractivity contribution in [1.29, 1.82) is 0 Å². The normalized spacial score (nSPS) is 18.1. The Hall–Kier alpha value is -1.77. The maximum Gasteiger partial charge on any atom is 0.278 e. The Labute approximate surface area is 155 Å². The standard InChI is InChI=1S/C16H19N5O2S.ClH/c1-16(2)5-10-13(11(22)6-16)24-15(18-10)19-14(23)12-8-7-17-4-3-9(8)20-21-12;/h17H,3-7H2,1-2H3,(H,20,21)(H,18,19,23);1H. The number of amides is 1. The molecule has 25 heavy (non-hydrogen) atoms. The quantitative estimate of drug-likeness (QED) is 0.741. The fourth-order valence-electron chi connectivity index (χ4n) is 3.34. The first-order chi connectivity index (χ1) is 11.4. The third-order valence-electron chi connectivity index (χ3n) is 4.48. The monoisotopic (exact) mass is 381 g/mol. The van der Waals surface area contributed by atoms with Crippen LogP contribution in [0.4, 0.5) is 5.13 Å². The molecule has 2 aromatic heterocycles. The Kier molecular flexibility index (Phi) is 4.70. The molecule has 7 nitrogen and oxygen atoms in total. The summed E-state index contributed by atoms with van der Waals surface area (Å²) in [6.45, 7) is 5.64. The first-order valence-electron chi connectivity index (χ1n) is 8.04. The molecule has 0 unspecified atom stereocenters. The lowest BCUT2D eigenvalue weighted by atomic mass is 9.78. The maximum atomic E-state index is 12.5. The van der Waals surface area contributed by atoms with E-state index in [2.05, 4.69) is 39.7 Å². The van der Waals surface area contributed by atoms with E-state index in [-0.39, 0.29) is 29.5 Å². The number of fused-ring (bicyclic) bond motifs is 2. The van der Waals surface area contributed by atoms with Crippen LogP contribution in [0.5, 0.6) is 0 Å². The Balaban J connectivity index is 0.00000182. The summed E-state index contributed by atoms with van der Waals surface area (Å²) in [6.07, 6.45) is 2.11. The molecule has 1 aliphatic carbocycles. The summed E-state index contributed by atoms with van der Waals surface area (Å²) >= 11 is 1.26. The molecular weight excluding hydrogens is 362 g/mol. The van der Waals surface area contributed by atoms with E-state index in [1.165, 1.54) is 11.3 Å². The molecule has 0 radical (unpaired) electrons. The van der Waals surface area contributed by atoms with E-state index in [1.807, 2.05) is 0 Å². The van der Waals surface area contributed by atoms with Crippen molar-refractivity contribution in [1.82, 2.24) is 20.5 Å². The van der Waals surface area contributed by atoms with Crippen LogP contribution in [-0.4, -0.2) is 33.4 Å². The number of nitrogens with zero attached hydrogens (tertiary/aromatic N) is 2. The van der Waals surface area contributed by atoms with Gasteiger partial charge in [0, 0.05) is 37.2 Å². The number of thiazole rings is 1. The molecule has 4 rings (SSSR count). The Morgan fingerprint density at radius 1 is 1.32 bits per heavy atom. The molecule has 0 fully saturated rings. The number of ketones is 1. The minimum Gasteiger partial charge on any atom is -0.312 e. The van der Waals surface area contributed by atoms with Crippen molar-refractivity contribution in [3.8, 4) is 0 Å². The van der Waals surface area contributed by atoms with E-state index in [9.17, 15) is 9.59 Å². The topological polar surface area (TPSA) is 99.8 Å². The zero-order valence-corrected chi connectivity index (χ0v) is 15.7. The number of hydrogen-bond donors (Lipinski definition) is 3. The van der Waals surface area contributed by atoms with E-state index >= 15 is 0 Å². The number of nitrogens with one attached hydrogen (secondary N) is 3. The summed E-state index contributed by atoms with van der Waals surface area (Å²) in [5.41, 5.74) is 3.04. The minimum absolute atomic E-state index is 0. The van der Waals surface area contributed by atoms with Gasteiger partial charge in [-0.2, -0.15) is 5.10 Å². The molecule has 3 heterocycles. The molecule has 0 aromatic carbocycles. The molecule has 1 aliphatic heterocycles. The Morgan fingerprint density at radius 2 is 2.12 bits per heavy atom. The summed E-state index contributed by atoms with van der Waals surface area (Å²) in [6, 6.07) is 0. The van der Waals surface area contributed by atoms with Gasteiger partial charge >= 0.3 is 0 Å². The smallest absolute Gasteiger partial charge is 0.278 e. The molecule has 9 heteroatoms. The van der Waals surface area contributed by atoms with Crippen LogP contribution in [0.2, 0.25) is 0 Å². The number of anilines is 1. The molecule has 0 bridgehead atoms. The Bertz CT molecular complexity index is 842. The number of hydrogen-bond acceptors (Lipinski definition) is 6. The van der Waals surface area contributed by atoms with Crippen molar-refractivity contribution in [3.05, 3.63) is 27.5 Å². The maximum absolute atomic E-state index is 12.5. The highest BCUT2D eigenvalue weighted by Gasteiger charge is 2.34. The predicted octanol–water partition coefficient (Wildman–Crippen LogP) is 2.34. The van der Waals surface area contributed by atoms with Gasteiger partial charge in [-0.25, -0.2) is 4.98 Å². The summed E-state index contributed by atoms with van der Waals surface area (Å²) in [5, 5.41) is 13.6. The predicted molar refractivity (Wildman–Crippen MR) is 97.7 cm³/mol. The van der Waals surface area contributed by atoms with Crippen LogP contribution in [0.25, 0.3) is 0 Å². The van der Waals surface area contributed by atoms with E-state index in [0.717, 1.165) is 36.3 Å². The number of carbonyl (C=O) groups is 2. The van der Waals surface area contributed by atoms with Gasteiger partial charge in [0.2, 0.25) is 0 Å². The van der Waals surface area contributed by atoms with E-state index in [0.29, 0.717) is 28.7 Å². The van der Waals surface area contributed by atoms with E-state index in [4.69, 9.17) is 0 Å². The third-order valence-corrected chi connectivity index (χ3v) is 5.53. The van der Waals surface area contributed by atoms with Gasteiger partial charge in [-0.05, 0) is 11.8 Å². The average Bonchev–Trinajstić information content (AvgIpc) is 3.09. The van der Waals surface area contributed by atoms with Crippen LogP contribution in [0.3, 0.4) is 0 Å². The summed E-state index contributed by atoms with van der Waals surface area (Å²) < 4.78 is 0. The highest BCUT2D eigenvalue weighted by atomic mass is 35.5. The van der Waals surface area contributed by atoms with Crippen LogP contribution in [0.15, 0.2) is 0 Å². The zero-order chi connectivity index (χ0) is 16.9. The highest BCUT2D eigenvalue weighted by Crippen LogP contribution is 2.38. The number of aromatic nitrogens is 3. The van der Waals surface area contributed by atoms with Crippen LogP contribution < -0.4 is 10.6 Å². The van der Waals surface area contributed by atoms with Crippen LogP contribution in [0.1, 0.15) is 57.4 Å². The molecule has 2 aromatic rings. The number of Topliss-reactive ketones (excluding diaryl/α,β-unsaturated/α-hetero) is 1. The molecular formula is C16H20ClN5O2S. The minimum atomic E-state index is -0.283. The van der Waals surface area contributed by atoms with Gasteiger partial charge in [0.1, 0.15) is 0 Å². The van der Waals surface area contributed by atoms with Gasteiger partial charge in [-0.1, -0.05) is 25.2 Å².